The van der Waals surface area contributed by atoms with E-state index in [4.69, 9.17) is 16.3 Å². The van der Waals surface area contributed by atoms with Crippen LogP contribution in [0.5, 0.6) is 11.6 Å². The van der Waals surface area contributed by atoms with Gasteiger partial charge in [0.2, 0.25) is 11.8 Å². The van der Waals surface area contributed by atoms with Crippen molar-refractivity contribution in [3.05, 3.63) is 71.0 Å². The fourth-order valence-corrected chi connectivity index (χ4v) is 5.60. The van der Waals surface area contributed by atoms with Gasteiger partial charge in [0.25, 0.3) is 10.0 Å². The van der Waals surface area contributed by atoms with E-state index in [0.717, 1.165) is 37.4 Å². The molecule has 0 atom stereocenters. The molecule has 0 bridgehead atoms. The topological polar surface area (TPSA) is 129 Å². The SMILES string of the molecule is Cc1ccccc1-c1nc(NS(=O)(=O)c2cnn(C)c2)nc(Oc2cccc(N3CCN(C)CC3)c2Cl)c1C#N. The van der Waals surface area contributed by atoms with Gasteiger partial charge in [-0.15, -0.1) is 0 Å². The lowest BCUT2D eigenvalue weighted by atomic mass is 10.0. The summed E-state index contributed by atoms with van der Waals surface area (Å²) in [6.45, 7) is 5.26. The summed E-state index contributed by atoms with van der Waals surface area (Å²) in [7, 11) is -0.395. The molecule has 1 N–H and O–H groups in total. The van der Waals surface area contributed by atoms with Gasteiger partial charge < -0.3 is 14.5 Å². The first-order valence-electron chi connectivity index (χ1n) is 12.5. The van der Waals surface area contributed by atoms with Gasteiger partial charge in [-0.3, -0.25) is 4.68 Å². The monoisotopic (exact) mass is 578 g/mol. The van der Waals surface area contributed by atoms with Gasteiger partial charge in [-0.05, 0) is 31.7 Å². The number of piperazine rings is 1. The number of aryl methyl sites for hydroxylation is 2. The zero-order chi connectivity index (χ0) is 28.4. The van der Waals surface area contributed by atoms with Crippen LogP contribution in [0.15, 0.2) is 59.8 Å². The van der Waals surface area contributed by atoms with Crippen LogP contribution in [0.4, 0.5) is 11.6 Å². The number of rotatable bonds is 7. The van der Waals surface area contributed by atoms with E-state index in [9.17, 15) is 13.7 Å². The van der Waals surface area contributed by atoms with E-state index < -0.39 is 10.0 Å². The number of nitrogens with zero attached hydrogens (tertiary/aromatic N) is 7. The van der Waals surface area contributed by atoms with Crippen LogP contribution in [-0.2, 0) is 17.1 Å². The van der Waals surface area contributed by atoms with E-state index in [-0.39, 0.29) is 33.7 Å². The maximum atomic E-state index is 13.1. The number of likely N-dealkylation sites (N-methyl/N-ethyl adjacent to an activating group) is 1. The summed E-state index contributed by atoms with van der Waals surface area (Å²) in [6, 6.07) is 14.9. The number of hydrogen-bond donors (Lipinski definition) is 1. The Morgan fingerprint density at radius 1 is 1.05 bits per heavy atom. The maximum Gasteiger partial charge on any atom is 0.267 e. The minimum Gasteiger partial charge on any atom is -0.436 e. The molecule has 4 aromatic rings. The van der Waals surface area contributed by atoms with Gasteiger partial charge in [-0.25, -0.2) is 18.1 Å². The van der Waals surface area contributed by atoms with Gasteiger partial charge >= 0.3 is 0 Å². The normalized spacial score (nSPS) is 14.1. The van der Waals surface area contributed by atoms with Crippen molar-refractivity contribution >= 4 is 33.3 Å². The third-order valence-corrected chi connectivity index (χ3v) is 8.26. The lowest BCUT2D eigenvalue weighted by Crippen LogP contribution is -2.44. The third-order valence-electron chi connectivity index (χ3n) is 6.60. The van der Waals surface area contributed by atoms with Crippen LogP contribution in [0.1, 0.15) is 11.1 Å². The summed E-state index contributed by atoms with van der Waals surface area (Å²) in [5.41, 5.74) is 2.53. The van der Waals surface area contributed by atoms with Crippen LogP contribution in [0.3, 0.4) is 0 Å². The smallest absolute Gasteiger partial charge is 0.267 e. The highest BCUT2D eigenvalue weighted by atomic mass is 35.5. The Bertz CT molecular complexity index is 1710. The van der Waals surface area contributed by atoms with Crippen LogP contribution in [0.2, 0.25) is 5.02 Å². The first kappa shape index (κ1) is 27.4. The number of halogens is 1. The van der Waals surface area contributed by atoms with E-state index in [1.54, 1.807) is 19.2 Å². The number of hydrogen-bond acceptors (Lipinski definition) is 9. The van der Waals surface area contributed by atoms with E-state index in [0.29, 0.717) is 10.6 Å². The number of ether oxygens (including phenoxy) is 1. The molecule has 11 nitrogen and oxygen atoms in total. The minimum absolute atomic E-state index is 0.0414. The molecule has 1 fully saturated rings. The Kier molecular flexibility index (Phi) is 7.62. The summed E-state index contributed by atoms with van der Waals surface area (Å²) in [4.78, 5) is 13.1. The van der Waals surface area contributed by atoms with Crippen LogP contribution >= 0.6 is 11.6 Å². The highest BCUT2D eigenvalue weighted by molar-refractivity contribution is 7.92. The Hall–Kier alpha value is -4.18. The Balaban J connectivity index is 1.60. The second-order valence-electron chi connectivity index (χ2n) is 9.44. The Morgan fingerprint density at radius 2 is 1.80 bits per heavy atom. The molecule has 2 aromatic carbocycles. The van der Waals surface area contributed by atoms with Crippen molar-refractivity contribution in [2.24, 2.45) is 7.05 Å². The molecule has 1 aliphatic heterocycles. The van der Waals surface area contributed by atoms with Crippen LogP contribution in [0, 0.1) is 18.3 Å². The van der Waals surface area contributed by atoms with Gasteiger partial charge in [0, 0.05) is 45.0 Å². The number of nitriles is 1. The molecule has 3 heterocycles. The molecular weight excluding hydrogens is 552 g/mol. The fraction of sp³-hybridized carbons (Fsp3) is 0.259. The quantitative estimate of drug-likeness (QED) is 0.345. The second kappa shape index (κ2) is 11.1. The van der Waals surface area contributed by atoms with Gasteiger partial charge in [-0.1, -0.05) is 41.9 Å². The average molecular weight is 579 g/mol. The molecule has 0 aliphatic carbocycles. The lowest BCUT2D eigenvalue weighted by Gasteiger charge is -2.34. The predicted octanol–water partition coefficient (Wildman–Crippen LogP) is 4.06. The minimum atomic E-state index is -4.08. The molecule has 0 radical (unpaired) electrons. The number of anilines is 2. The molecule has 206 valence electrons. The predicted molar refractivity (Wildman–Crippen MR) is 152 cm³/mol. The van der Waals surface area contributed by atoms with Crippen LogP contribution < -0.4 is 14.4 Å². The molecule has 13 heteroatoms. The van der Waals surface area contributed by atoms with Crippen LogP contribution in [0.25, 0.3) is 11.3 Å². The Morgan fingerprint density at radius 3 is 2.48 bits per heavy atom. The molecule has 2 aromatic heterocycles. The van der Waals surface area contributed by atoms with Gasteiger partial charge in [0.05, 0.1) is 17.6 Å². The molecule has 0 saturated carbocycles. The van der Waals surface area contributed by atoms with Gasteiger partial charge in [0.15, 0.2) is 0 Å². The van der Waals surface area contributed by atoms with Crippen molar-refractivity contribution < 1.29 is 13.2 Å². The summed E-state index contributed by atoms with van der Waals surface area (Å²) in [6.07, 6.45) is 2.57. The molecule has 0 amide bonds. The van der Waals surface area contributed by atoms with Crippen molar-refractivity contribution in [3.63, 3.8) is 0 Å². The van der Waals surface area contributed by atoms with E-state index in [1.165, 1.54) is 17.1 Å². The van der Waals surface area contributed by atoms with Gasteiger partial charge in [0.1, 0.15) is 27.3 Å². The summed E-state index contributed by atoms with van der Waals surface area (Å²) < 4.78 is 36.1. The maximum absolute atomic E-state index is 13.1. The van der Waals surface area contributed by atoms with Gasteiger partial charge in [-0.2, -0.15) is 15.3 Å². The van der Waals surface area contributed by atoms with Crippen molar-refractivity contribution in [3.8, 4) is 29.0 Å². The number of nitrogens with one attached hydrogen (secondary N) is 1. The molecule has 0 unspecified atom stereocenters. The highest BCUT2D eigenvalue weighted by Crippen LogP contribution is 2.39. The van der Waals surface area contributed by atoms with Crippen molar-refractivity contribution in [1.82, 2.24) is 24.6 Å². The first-order chi connectivity index (χ1) is 19.2. The summed E-state index contributed by atoms with van der Waals surface area (Å²) in [5, 5.41) is 14.5. The Labute approximate surface area is 237 Å². The number of benzene rings is 2. The molecule has 1 saturated heterocycles. The van der Waals surface area contributed by atoms with Crippen molar-refractivity contribution in [2.75, 3.05) is 42.8 Å². The summed E-state index contributed by atoms with van der Waals surface area (Å²) >= 11 is 6.81. The molecule has 5 rings (SSSR count). The lowest BCUT2D eigenvalue weighted by molar-refractivity contribution is 0.313. The standard InChI is InChI=1S/C27H27ClN8O3S/c1-18-7-4-5-8-20(18)25-21(15-29)26(32-27(31-25)33-40(37,38)19-16-30-35(3)17-19)39-23-10-6-9-22(24(23)28)36-13-11-34(2)12-14-36/h4-10,16-17H,11-14H2,1-3H3,(H,31,32,33). The van der Waals surface area contributed by atoms with Crippen molar-refractivity contribution in [1.29, 1.82) is 5.26 Å². The highest BCUT2D eigenvalue weighted by Gasteiger charge is 2.25. The fourth-order valence-electron chi connectivity index (χ4n) is 4.38. The molecule has 0 spiro atoms. The summed E-state index contributed by atoms with van der Waals surface area (Å²) in [5.74, 6) is -0.107. The number of sulfonamides is 1. The van der Waals surface area contributed by atoms with Crippen LogP contribution in [-0.4, -0.2) is 66.3 Å². The third kappa shape index (κ3) is 5.58. The molecule has 1 aliphatic rings. The van der Waals surface area contributed by atoms with E-state index >= 15 is 0 Å². The zero-order valence-corrected chi connectivity index (χ0v) is 23.7. The first-order valence-corrected chi connectivity index (χ1v) is 14.3. The van der Waals surface area contributed by atoms with Crippen molar-refractivity contribution in [2.45, 2.75) is 11.8 Å². The zero-order valence-electron chi connectivity index (χ0n) is 22.2. The largest absolute Gasteiger partial charge is 0.436 e. The average Bonchev–Trinajstić information content (AvgIpc) is 3.38. The second-order valence-corrected chi connectivity index (χ2v) is 11.5. The van der Waals surface area contributed by atoms with E-state index in [2.05, 4.69) is 42.7 Å². The molecular formula is C27H27ClN8O3S. The van der Waals surface area contributed by atoms with E-state index in [1.807, 2.05) is 37.3 Å². The molecule has 40 heavy (non-hydrogen) atoms. The number of aromatic nitrogens is 4.